The molecule has 2 aromatic carbocycles. The topological polar surface area (TPSA) is 32.7 Å². The van der Waals surface area contributed by atoms with Gasteiger partial charge in [0.15, 0.2) is 0 Å². The summed E-state index contributed by atoms with van der Waals surface area (Å²) in [7, 11) is 0. The molecule has 0 bridgehead atoms. The molecule has 3 nitrogen and oxygen atoms in total. The Bertz CT molecular complexity index is 992. The molecule has 0 fully saturated rings. The maximum Gasteiger partial charge on any atom is 0.494 e. The molecule has 1 aliphatic rings. The summed E-state index contributed by atoms with van der Waals surface area (Å²) in [5, 5.41) is 12.8. The number of aliphatic hydroxyl groups is 1. The third-order valence-electron chi connectivity index (χ3n) is 4.96. The molecule has 1 aliphatic heterocycles. The summed E-state index contributed by atoms with van der Waals surface area (Å²) in [5.74, 6) is 0.419. The number of ether oxygens (including phenoxy) is 1. The maximum atomic E-state index is 13.1. The Kier molecular flexibility index (Phi) is 5.50. The summed E-state index contributed by atoms with van der Waals surface area (Å²) in [4.78, 5) is 1.17. The lowest BCUT2D eigenvalue weighted by atomic mass is 9.89. The van der Waals surface area contributed by atoms with E-state index in [2.05, 4.69) is 12.8 Å². The van der Waals surface area contributed by atoms with Gasteiger partial charge >= 0.3 is 6.30 Å². The van der Waals surface area contributed by atoms with Crippen LogP contribution in [0.5, 0.6) is 5.75 Å². The number of hydrogen-bond acceptors (Lipinski definition) is 5. The van der Waals surface area contributed by atoms with Gasteiger partial charge < -0.3 is 9.84 Å². The van der Waals surface area contributed by atoms with Gasteiger partial charge in [-0.2, -0.15) is 0 Å². The molecule has 152 valence electrons. The second kappa shape index (κ2) is 7.93. The van der Waals surface area contributed by atoms with E-state index in [1.807, 2.05) is 17.5 Å². The van der Waals surface area contributed by atoms with Gasteiger partial charge in [-0.05, 0) is 35.6 Å². The Morgan fingerprint density at radius 2 is 1.93 bits per heavy atom. The minimum Gasteiger partial charge on any atom is -0.493 e. The van der Waals surface area contributed by atoms with Crippen LogP contribution in [0.25, 0.3) is 11.1 Å². The van der Waals surface area contributed by atoms with Gasteiger partial charge in [0.25, 0.3) is 0 Å². The first-order valence-corrected chi connectivity index (χ1v) is 10.2. The summed E-state index contributed by atoms with van der Waals surface area (Å²) in [6.07, 6.45) is -4.60. The molecule has 1 N–H and O–H groups in total. The van der Waals surface area contributed by atoms with Crippen molar-refractivity contribution < 1.29 is 23.0 Å². The molecule has 2 heterocycles. The fourth-order valence-corrected chi connectivity index (χ4v) is 4.48. The van der Waals surface area contributed by atoms with E-state index in [1.54, 1.807) is 41.7 Å². The second-order valence-corrected chi connectivity index (χ2v) is 8.28. The molecular formula is C21H18F3NO2S2. The van der Waals surface area contributed by atoms with E-state index in [1.165, 1.54) is 17.0 Å². The number of rotatable bonds is 4. The van der Waals surface area contributed by atoms with Gasteiger partial charge in [0, 0.05) is 21.9 Å². The van der Waals surface area contributed by atoms with E-state index in [0.29, 0.717) is 35.5 Å². The molecule has 0 amide bonds. The largest absolute Gasteiger partial charge is 0.494 e. The van der Waals surface area contributed by atoms with Gasteiger partial charge in [0.2, 0.25) is 0 Å². The Morgan fingerprint density at radius 1 is 1.14 bits per heavy atom. The number of thiophene rings is 1. The van der Waals surface area contributed by atoms with Crippen LogP contribution < -0.4 is 9.04 Å². The van der Waals surface area contributed by atoms with Crippen molar-refractivity contribution in [2.45, 2.75) is 18.8 Å². The average molecular weight is 438 g/mol. The second-order valence-electron chi connectivity index (χ2n) is 6.85. The molecular weight excluding hydrogens is 419 g/mol. The first-order valence-electron chi connectivity index (χ1n) is 8.97. The van der Waals surface area contributed by atoms with Gasteiger partial charge in [-0.3, -0.25) is 0 Å². The van der Waals surface area contributed by atoms with Crippen molar-refractivity contribution in [1.82, 2.24) is 0 Å². The zero-order chi connectivity index (χ0) is 20.6. The number of alkyl halides is 3. The lowest BCUT2D eigenvalue weighted by Crippen LogP contribution is -2.29. The van der Waals surface area contributed by atoms with E-state index in [-0.39, 0.29) is 15.9 Å². The van der Waals surface area contributed by atoms with E-state index >= 15 is 0 Å². The zero-order valence-electron chi connectivity index (χ0n) is 15.1. The third-order valence-corrected chi connectivity index (χ3v) is 6.30. The van der Waals surface area contributed by atoms with Crippen LogP contribution in [0.1, 0.15) is 16.5 Å². The lowest BCUT2D eigenvalue weighted by Gasteiger charge is -2.30. The Labute approximate surface area is 175 Å². The monoisotopic (exact) mass is 437 g/mol. The number of fused-ring (bicyclic) bond motifs is 1. The van der Waals surface area contributed by atoms with Crippen LogP contribution in [0, 0.1) is 5.92 Å². The smallest absolute Gasteiger partial charge is 0.493 e. The molecule has 2 unspecified atom stereocenters. The van der Waals surface area contributed by atoms with Crippen molar-refractivity contribution in [2.24, 2.45) is 5.92 Å². The van der Waals surface area contributed by atoms with Crippen LogP contribution in [0.3, 0.4) is 0 Å². The molecule has 0 radical (unpaired) electrons. The first-order chi connectivity index (χ1) is 13.8. The molecule has 8 heteroatoms. The third kappa shape index (κ3) is 4.10. The summed E-state index contributed by atoms with van der Waals surface area (Å²) in [6, 6.07) is 15.3. The minimum atomic E-state index is -4.62. The molecule has 3 aromatic rings. The molecule has 0 saturated heterocycles. The molecule has 1 aromatic heterocycles. The number of halogens is 3. The highest BCUT2D eigenvalue weighted by Crippen LogP contribution is 2.42. The number of nitrogens with zero attached hydrogens (tertiary/aromatic N) is 1. The van der Waals surface area contributed by atoms with Crippen molar-refractivity contribution >= 4 is 29.8 Å². The standard InChI is InChI=1S/C21H18F3NO2S2/c22-21(23,24)25(28)18-6-2-1-5-16(18)13-7-8-17-19(11-13)27-12-14(20(17)26)10-15-4-3-9-29-15/h1-9,11,14,20,26,28H,10,12H2. The van der Waals surface area contributed by atoms with E-state index in [0.717, 1.165) is 0 Å². The van der Waals surface area contributed by atoms with Gasteiger partial charge in [0.1, 0.15) is 5.75 Å². The van der Waals surface area contributed by atoms with Crippen molar-refractivity contribution in [2.75, 3.05) is 10.9 Å². The zero-order valence-corrected chi connectivity index (χ0v) is 16.8. The predicted molar refractivity (Wildman–Crippen MR) is 111 cm³/mol. The number of aliphatic hydroxyl groups excluding tert-OH is 1. The number of para-hydroxylation sites is 1. The summed E-state index contributed by atoms with van der Waals surface area (Å²) in [5.41, 5.74) is 1.51. The molecule has 0 spiro atoms. The van der Waals surface area contributed by atoms with E-state index in [9.17, 15) is 18.3 Å². The fourth-order valence-electron chi connectivity index (χ4n) is 3.51. The molecule has 2 atom stereocenters. The lowest BCUT2D eigenvalue weighted by molar-refractivity contribution is -0.113. The van der Waals surface area contributed by atoms with Gasteiger partial charge in [0.05, 0.1) is 18.4 Å². The maximum absolute atomic E-state index is 13.1. The molecule has 0 aliphatic carbocycles. The van der Waals surface area contributed by atoms with Crippen LogP contribution in [0.4, 0.5) is 18.9 Å². The van der Waals surface area contributed by atoms with Gasteiger partial charge in [-0.25, -0.2) is 4.31 Å². The van der Waals surface area contributed by atoms with Crippen molar-refractivity contribution in [1.29, 1.82) is 0 Å². The Morgan fingerprint density at radius 3 is 2.66 bits per heavy atom. The highest BCUT2D eigenvalue weighted by atomic mass is 32.1. The SMILES string of the molecule is OC1c2ccc(-c3ccccc3N(S)C(F)(F)F)cc2OCC1Cc1cccs1. The fraction of sp³-hybridized carbons (Fsp3) is 0.238. The van der Waals surface area contributed by atoms with Gasteiger partial charge in [-0.15, -0.1) is 24.5 Å². The highest BCUT2D eigenvalue weighted by molar-refractivity contribution is 7.81. The quantitative estimate of drug-likeness (QED) is 0.396. The van der Waals surface area contributed by atoms with Crippen LogP contribution in [-0.4, -0.2) is 18.0 Å². The average Bonchev–Trinajstić information content (AvgIpc) is 3.22. The number of benzene rings is 2. The number of anilines is 1. The molecule has 4 rings (SSSR count). The van der Waals surface area contributed by atoms with Crippen LogP contribution >= 0.6 is 24.2 Å². The van der Waals surface area contributed by atoms with E-state index < -0.39 is 12.4 Å². The summed E-state index contributed by atoms with van der Waals surface area (Å²) < 4.78 is 45.3. The summed E-state index contributed by atoms with van der Waals surface area (Å²) in [6.45, 7) is 0.346. The first kappa shape index (κ1) is 20.1. The number of thiol groups is 1. The Hall–Kier alpha value is -2.16. The van der Waals surface area contributed by atoms with Crippen molar-refractivity contribution in [3.8, 4) is 16.9 Å². The van der Waals surface area contributed by atoms with Crippen LogP contribution in [-0.2, 0) is 6.42 Å². The van der Waals surface area contributed by atoms with Crippen molar-refractivity contribution in [3.63, 3.8) is 0 Å². The van der Waals surface area contributed by atoms with E-state index in [4.69, 9.17) is 4.74 Å². The predicted octanol–water partition coefficient (Wildman–Crippen LogP) is 5.87. The van der Waals surface area contributed by atoms with Crippen LogP contribution in [0.2, 0.25) is 0 Å². The minimum absolute atomic E-state index is 0.00541. The van der Waals surface area contributed by atoms with Gasteiger partial charge in [-0.1, -0.05) is 49.2 Å². The van der Waals surface area contributed by atoms with Crippen molar-refractivity contribution in [3.05, 3.63) is 70.4 Å². The number of hydrogen-bond donors (Lipinski definition) is 2. The molecule has 0 saturated carbocycles. The van der Waals surface area contributed by atoms with Crippen LogP contribution in [0.15, 0.2) is 60.0 Å². The summed E-state index contributed by atoms with van der Waals surface area (Å²) >= 11 is 5.26. The Balaban J connectivity index is 1.64. The normalized spacial score (nSPS) is 18.8. The highest BCUT2D eigenvalue weighted by Gasteiger charge is 2.37. The molecule has 29 heavy (non-hydrogen) atoms.